The second-order valence-electron chi connectivity index (χ2n) is 7.89. The van der Waals surface area contributed by atoms with Gasteiger partial charge in [-0.05, 0) is 43.2 Å². The van der Waals surface area contributed by atoms with Crippen LogP contribution in [0.3, 0.4) is 0 Å². The summed E-state index contributed by atoms with van der Waals surface area (Å²) >= 11 is 3.45. The minimum atomic E-state index is -3.86. The lowest BCUT2D eigenvalue weighted by Crippen LogP contribution is -2.38. The third kappa shape index (κ3) is 4.22. The van der Waals surface area contributed by atoms with Gasteiger partial charge in [0.2, 0.25) is 10.0 Å². The van der Waals surface area contributed by atoms with Crippen molar-refractivity contribution in [1.29, 1.82) is 0 Å². The molecule has 0 spiro atoms. The molecule has 0 unspecified atom stereocenters. The molecule has 6 heteroatoms. The van der Waals surface area contributed by atoms with Gasteiger partial charge >= 0.3 is 0 Å². The molecule has 0 saturated carbocycles. The van der Waals surface area contributed by atoms with E-state index in [0.717, 1.165) is 15.6 Å². The zero-order chi connectivity index (χ0) is 22.9. The Bertz CT molecular complexity index is 1250. The predicted octanol–water partition coefficient (Wildman–Crippen LogP) is 6.09. The monoisotopic (exact) mass is 509 g/mol. The maximum absolute atomic E-state index is 13.8. The van der Waals surface area contributed by atoms with Gasteiger partial charge in [0, 0.05) is 21.7 Å². The zero-order valence-electron chi connectivity index (χ0n) is 17.9. The van der Waals surface area contributed by atoms with Crippen molar-refractivity contribution in [2.24, 2.45) is 0 Å². The van der Waals surface area contributed by atoms with Gasteiger partial charge in [0.25, 0.3) is 0 Å². The minimum absolute atomic E-state index is 0.154. The summed E-state index contributed by atoms with van der Waals surface area (Å²) in [6.07, 6.45) is 2.39. The van der Waals surface area contributed by atoms with Crippen molar-refractivity contribution in [3.63, 3.8) is 0 Å². The number of carbonyl (C=O) groups excluding carboxylic acids is 1. The third-order valence-electron chi connectivity index (χ3n) is 5.75. The molecule has 164 valence electrons. The van der Waals surface area contributed by atoms with Crippen LogP contribution in [0.2, 0.25) is 0 Å². The Labute approximate surface area is 197 Å². The number of nitrogens with zero attached hydrogens (tertiary/aromatic N) is 1. The first kappa shape index (κ1) is 22.6. The molecule has 1 aliphatic rings. The second-order valence-corrected chi connectivity index (χ2v) is 10.7. The maximum Gasteiger partial charge on any atom is 0.244 e. The lowest BCUT2D eigenvalue weighted by atomic mass is 9.94. The predicted molar refractivity (Wildman–Crippen MR) is 130 cm³/mol. The van der Waals surface area contributed by atoms with E-state index in [0.29, 0.717) is 17.6 Å². The van der Waals surface area contributed by atoms with E-state index in [1.807, 2.05) is 62.4 Å². The van der Waals surface area contributed by atoms with Crippen molar-refractivity contribution < 1.29 is 13.2 Å². The highest BCUT2D eigenvalue weighted by Crippen LogP contribution is 2.43. The van der Waals surface area contributed by atoms with Gasteiger partial charge in [0.1, 0.15) is 0 Å². The van der Waals surface area contributed by atoms with Crippen molar-refractivity contribution in [3.8, 4) is 0 Å². The van der Waals surface area contributed by atoms with Crippen LogP contribution < -0.4 is 0 Å². The van der Waals surface area contributed by atoms with E-state index in [4.69, 9.17) is 0 Å². The van der Waals surface area contributed by atoms with Gasteiger partial charge in [-0.2, -0.15) is 4.31 Å². The normalized spacial score (nSPS) is 19.0. The molecule has 1 heterocycles. The lowest BCUT2D eigenvalue weighted by Gasteiger charge is -2.31. The fourth-order valence-electron chi connectivity index (χ4n) is 4.07. The Morgan fingerprint density at radius 1 is 0.938 bits per heavy atom. The van der Waals surface area contributed by atoms with Crippen molar-refractivity contribution in [2.75, 3.05) is 0 Å². The molecule has 0 saturated heterocycles. The summed E-state index contributed by atoms with van der Waals surface area (Å²) in [5.41, 5.74) is 2.78. The molecule has 0 bridgehead atoms. The number of rotatable bonds is 6. The summed E-state index contributed by atoms with van der Waals surface area (Å²) in [6.45, 7) is 3.86. The first-order valence-electron chi connectivity index (χ1n) is 10.5. The van der Waals surface area contributed by atoms with Crippen LogP contribution in [0.1, 0.15) is 40.9 Å². The molecule has 0 fully saturated rings. The number of hydrogen-bond donors (Lipinski definition) is 0. The molecular formula is C26H24BrNO3S. The average molecular weight is 510 g/mol. The van der Waals surface area contributed by atoms with Gasteiger partial charge in [-0.15, -0.1) is 0 Å². The fraction of sp³-hybridized carbons (Fsp3) is 0.192. The lowest BCUT2D eigenvalue weighted by molar-refractivity contribution is 0.102. The Morgan fingerprint density at radius 3 is 2.16 bits per heavy atom. The van der Waals surface area contributed by atoms with Crippen LogP contribution in [0.25, 0.3) is 0 Å². The van der Waals surface area contributed by atoms with E-state index in [1.54, 1.807) is 36.4 Å². The van der Waals surface area contributed by atoms with Gasteiger partial charge in [0.15, 0.2) is 5.78 Å². The smallest absolute Gasteiger partial charge is 0.244 e. The number of halogens is 1. The first-order chi connectivity index (χ1) is 15.3. The van der Waals surface area contributed by atoms with Crippen LogP contribution in [-0.2, 0) is 10.0 Å². The van der Waals surface area contributed by atoms with E-state index >= 15 is 0 Å². The van der Waals surface area contributed by atoms with Crippen molar-refractivity contribution >= 4 is 31.7 Å². The van der Waals surface area contributed by atoms with E-state index in [-0.39, 0.29) is 10.7 Å². The zero-order valence-corrected chi connectivity index (χ0v) is 20.3. The largest absolute Gasteiger partial charge is 0.289 e. The summed E-state index contributed by atoms with van der Waals surface area (Å²) in [5, 5.41) is 0. The number of benzene rings is 3. The second kappa shape index (κ2) is 9.14. The van der Waals surface area contributed by atoms with Crippen LogP contribution in [0, 0.1) is 6.92 Å². The van der Waals surface area contributed by atoms with Gasteiger partial charge in [0.05, 0.1) is 10.9 Å². The molecule has 4 rings (SSSR count). The highest BCUT2D eigenvalue weighted by atomic mass is 79.9. The van der Waals surface area contributed by atoms with E-state index in [1.165, 1.54) is 4.31 Å². The SMILES string of the molecule is CC[C@@H]1C=C(C(=O)c2ccccc2)[C@H](c2ccc(Br)cc2)N1S(=O)(=O)c1ccc(C)cc1. The summed E-state index contributed by atoms with van der Waals surface area (Å²) < 4.78 is 30.1. The highest BCUT2D eigenvalue weighted by molar-refractivity contribution is 9.10. The quantitative estimate of drug-likeness (QED) is 0.377. The van der Waals surface area contributed by atoms with Gasteiger partial charge < -0.3 is 0 Å². The molecule has 2 atom stereocenters. The van der Waals surface area contributed by atoms with Crippen molar-refractivity contribution in [2.45, 2.75) is 37.2 Å². The number of sulfonamides is 1. The van der Waals surface area contributed by atoms with E-state index < -0.39 is 22.1 Å². The topological polar surface area (TPSA) is 54.5 Å². The van der Waals surface area contributed by atoms with Crippen molar-refractivity contribution in [1.82, 2.24) is 4.31 Å². The Balaban J connectivity index is 1.87. The molecule has 0 radical (unpaired) electrons. The van der Waals surface area contributed by atoms with Gasteiger partial charge in [-0.1, -0.05) is 89.1 Å². The minimum Gasteiger partial charge on any atom is -0.289 e. The number of ketones is 1. The van der Waals surface area contributed by atoms with Crippen LogP contribution in [-0.4, -0.2) is 24.5 Å². The summed E-state index contributed by atoms with van der Waals surface area (Å²) in [4.78, 5) is 13.7. The highest BCUT2D eigenvalue weighted by Gasteiger charge is 2.45. The van der Waals surface area contributed by atoms with E-state index in [9.17, 15) is 13.2 Å². The average Bonchev–Trinajstić information content (AvgIpc) is 3.20. The standard InChI is InChI=1S/C26H24BrNO3S/c1-3-22-17-24(26(29)20-7-5-4-6-8-20)25(19-11-13-21(27)14-12-19)28(22)32(30,31)23-15-9-18(2)10-16-23/h4-17,22,25H,3H2,1-2H3/t22-,25+/m1/s1. The molecule has 4 nitrogen and oxygen atoms in total. The Morgan fingerprint density at radius 2 is 1.56 bits per heavy atom. The first-order valence-corrected chi connectivity index (χ1v) is 12.7. The number of Topliss-reactive ketones (excluding diaryl/α,β-unsaturated/α-hetero) is 1. The van der Waals surface area contributed by atoms with Crippen LogP contribution in [0.15, 0.2) is 99.9 Å². The molecule has 3 aromatic carbocycles. The molecule has 0 aliphatic carbocycles. The fourth-order valence-corrected chi connectivity index (χ4v) is 6.14. The molecule has 32 heavy (non-hydrogen) atoms. The van der Waals surface area contributed by atoms with Gasteiger partial charge in [-0.25, -0.2) is 8.42 Å². The number of hydrogen-bond acceptors (Lipinski definition) is 3. The maximum atomic E-state index is 13.8. The molecule has 1 aliphatic heterocycles. The summed E-state index contributed by atoms with van der Waals surface area (Å²) in [6, 6.07) is 22.2. The third-order valence-corrected chi connectivity index (χ3v) is 8.18. The van der Waals surface area contributed by atoms with Crippen molar-refractivity contribution in [3.05, 3.63) is 112 Å². The molecular weight excluding hydrogens is 486 g/mol. The number of aryl methyl sites for hydroxylation is 1. The Kier molecular flexibility index (Phi) is 6.47. The molecule has 3 aromatic rings. The summed E-state index contributed by atoms with van der Waals surface area (Å²) in [7, 11) is -3.86. The number of carbonyl (C=O) groups is 1. The molecule has 0 N–H and O–H groups in total. The Hall–Kier alpha value is -2.54. The van der Waals surface area contributed by atoms with Gasteiger partial charge in [-0.3, -0.25) is 4.79 Å². The van der Waals surface area contributed by atoms with Crippen LogP contribution >= 0.6 is 15.9 Å². The summed E-state index contributed by atoms with van der Waals surface area (Å²) in [5.74, 6) is -0.154. The molecule has 0 aromatic heterocycles. The molecule has 0 amide bonds. The van der Waals surface area contributed by atoms with E-state index in [2.05, 4.69) is 15.9 Å². The van der Waals surface area contributed by atoms with Crippen LogP contribution in [0.5, 0.6) is 0 Å². The van der Waals surface area contributed by atoms with Crippen LogP contribution in [0.4, 0.5) is 0 Å².